The summed E-state index contributed by atoms with van der Waals surface area (Å²) in [6, 6.07) is 11.3. The highest BCUT2D eigenvalue weighted by Gasteiger charge is 2.35. The highest BCUT2D eigenvalue weighted by Crippen LogP contribution is 2.38. The predicted octanol–water partition coefficient (Wildman–Crippen LogP) is 5.12. The molecule has 1 fully saturated rings. The summed E-state index contributed by atoms with van der Waals surface area (Å²) in [5.74, 6) is -1.65. The van der Waals surface area contributed by atoms with Crippen LogP contribution in [0, 0.1) is 11.6 Å². The molecule has 0 spiro atoms. The quantitative estimate of drug-likeness (QED) is 0.500. The fourth-order valence-corrected chi connectivity index (χ4v) is 4.98. The van der Waals surface area contributed by atoms with E-state index in [0.717, 1.165) is 31.7 Å². The van der Waals surface area contributed by atoms with E-state index in [4.69, 9.17) is 0 Å². The van der Waals surface area contributed by atoms with E-state index < -0.39 is 23.8 Å². The first-order valence-corrected chi connectivity index (χ1v) is 12.2. The lowest BCUT2D eigenvalue weighted by molar-refractivity contribution is -0.120. The largest absolute Gasteiger partial charge is 0.390 e. The minimum absolute atomic E-state index is 0.0299. The average Bonchev–Trinajstić information content (AvgIpc) is 2.76. The number of hydrogen-bond acceptors (Lipinski definition) is 3. The van der Waals surface area contributed by atoms with E-state index in [1.54, 1.807) is 0 Å². The van der Waals surface area contributed by atoms with Crippen molar-refractivity contribution in [2.75, 3.05) is 6.54 Å². The molecule has 2 aromatic carbocycles. The Bertz CT molecular complexity index is 960. The van der Waals surface area contributed by atoms with Gasteiger partial charge in [0, 0.05) is 25.1 Å². The minimum atomic E-state index is -0.931. The number of aliphatic hydroxyl groups excluding tert-OH is 1. The summed E-state index contributed by atoms with van der Waals surface area (Å²) >= 11 is 0. The lowest BCUT2D eigenvalue weighted by Crippen LogP contribution is -2.53. The minimum Gasteiger partial charge on any atom is -0.390 e. The van der Waals surface area contributed by atoms with Crippen molar-refractivity contribution in [1.29, 1.82) is 0 Å². The van der Waals surface area contributed by atoms with E-state index in [-0.39, 0.29) is 29.8 Å². The van der Waals surface area contributed by atoms with Crippen molar-refractivity contribution in [2.45, 2.75) is 89.3 Å². The lowest BCUT2D eigenvalue weighted by atomic mass is 9.74. The molecule has 186 valence electrons. The number of hydrogen-bond donors (Lipinski definition) is 3. The molecule has 0 radical (unpaired) electrons. The number of carbonyl (C=O) groups excluding carboxylic acids is 1. The summed E-state index contributed by atoms with van der Waals surface area (Å²) in [7, 11) is 0. The van der Waals surface area contributed by atoms with E-state index in [1.165, 1.54) is 36.6 Å². The molecule has 0 bridgehead atoms. The molecule has 1 aliphatic rings. The Morgan fingerprint density at radius 3 is 2.29 bits per heavy atom. The second-order valence-corrected chi connectivity index (χ2v) is 10.7. The van der Waals surface area contributed by atoms with Crippen LogP contribution in [0.5, 0.6) is 0 Å². The topological polar surface area (TPSA) is 61.4 Å². The summed E-state index contributed by atoms with van der Waals surface area (Å²) in [5.41, 5.74) is 2.64. The number of benzene rings is 2. The maximum absolute atomic E-state index is 13.7. The molecule has 34 heavy (non-hydrogen) atoms. The van der Waals surface area contributed by atoms with Crippen molar-refractivity contribution in [3.8, 4) is 0 Å². The lowest BCUT2D eigenvalue weighted by Gasteiger charge is -2.41. The highest BCUT2D eigenvalue weighted by atomic mass is 19.1. The van der Waals surface area contributed by atoms with Crippen molar-refractivity contribution in [1.82, 2.24) is 10.6 Å². The van der Waals surface area contributed by atoms with Crippen LogP contribution in [0.4, 0.5) is 8.78 Å². The summed E-state index contributed by atoms with van der Waals surface area (Å²) in [6.07, 6.45) is 4.51. The van der Waals surface area contributed by atoms with Gasteiger partial charge in [-0.15, -0.1) is 0 Å². The molecule has 0 saturated heterocycles. The van der Waals surface area contributed by atoms with E-state index in [9.17, 15) is 18.7 Å². The smallest absolute Gasteiger partial charge is 0.217 e. The Hall–Kier alpha value is -2.31. The fourth-order valence-electron chi connectivity index (χ4n) is 4.98. The van der Waals surface area contributed by atoms with Gasteiger partial charge in [0.2, 0.25) is 5.91 Å². The Morgan fingerprint density at radius 2 is 1.71 bits per heavy atom. The van der Waals surface area contributed by atoms with Crippen molar-refractivity contribution >= 4 is 5.91 Å². The van der Waals surface area contributed by atoms with Crippen LogP contribution in [0.25, 0.3) is 0 Å². The van der Waals surface area contributed by atoms with Gasteiger partial charge in [-0.3, -0.25) is 4.79 Å². The van der Waals surface area contributed by atoms with Gasteiger partial charge >= 0.3 is 0 Å². The van der Waals surface area contributed by atoms with Gasteiger partial charge < -0.3 is 15.7 Å². The molecule has 0 aliphatic heterocycles. The van der Waals surface area contributed by atoms with Crippen LogP contribution in [0.3, 0.4) is 0 Å². The Morgan fingerprint density at radius 1 is 1.06 bits per heavy atom. The van der Waals surface area contributed by atoms with Gasteiger partial charge in [0.25, 0.3) is 0 Å². The number of halogens is 2. The molecule has 2 atom stereocenters. The van der Waals surface area contributed by atoms with Gasteiger partial charge in [-0.2, -0.15) is 0 Å². The average molecular weight is 473 g/mol. The van der Waals surface area contributed by atoms with E-state index in [2.05, 4.69) is 55.7 Å². The van der Waals surface area contributed by atoms with E-state index in [0.29, 0.717) is 5.56 Å². The third-order valence-electron chi connectivity index (χ3n) is 6.87. The highest BCUT2D eigenvalue weighted by molar-refractivity contribution is 5.73. The van der Waals surface area contributed by atoms with Crippen LogP contribution in [0.1, 0.15) is 76.5 Å². The van der Waals surface area contributed by atoms with Crippen molar-refractivity contribution in [2.24, 2.45) is 0 Å². The zero-order valence-corrected chi connectivity index (χ0v) is 20.8. The standard InChI is InChI=1S/C28H38F2N2O2/c1-19(33)32-25(15-20-13-23(29)17-24(30)14-20)26(34)18-31-28(11-6-5-7-12-28)22-10-8-9-21(16-22)27(2,3)4/h8-10,13-14,16-17,25-26,31,34H,5-7,11-12,15,18H2,1-4H3,(H,32,33)/t25?,26-/m1/s1. The molecular formula is C28H38F2N2O2. The van der Waals surface area contributed by atoms with Crippen LogP contribution in [-0.2, 0) is 22.2 Å². The number of carbonyl (C=O) groups is 1. The molecule has 3 N–H and O–H groups in total. The maximum atomic E-state index is 13.7. The first-order chi connectivity index (χ1) is 16.0. The number of rotatable bonds is 8. The first-order valence-electron chi connectivity index (χ1n) is 12.2. The van der Waals surface area contributed by atoms with Crippen LogP contribution < -0.4 is 10.6 Å². The SMILES string of the molecule is CC(=O)NC(Cc1cc(F)cc(F)c1)[C@H](O)CNC1(c2cccc(C(C)(C)C)c2)CCCCC1. The van der Waals surface area contributed by atoms with Crippen LogP contribution in [0.2, 0.25) is 0 Å². The predicted molar refractivity (Wildman–Crippen MR) is 132 cm³/mol. The molecule has 3 rings (SSSR count). The Kier molecular flexibility index (Phi) is 8.47. The van der Waals surface area contributed by atoms with Gasteiger partial charge in [-0.05, 0) is 53.5 Å². The first kappa shape index (κ1) is 26.3. The normalized spacial score (nSPS) is 17.7. The summed E-state index contributed by atoms with van der Waals surface area (Å²) < 4.78 is 27.4. The molecule has 0 aromatic heterocycles. The third-order valence-corrected chi connectivity index (χ3v) is 6.87. The second-order valence-electron chi connectivity index (χ2n) is 10.7. The Labute approximate surface area is 202 Å². The molecular weight excluding hydrogens is 434 g/mol. The van der Waals surface area contributed by atoms with Crippen molar-refractivity contribution in [3.63, 3.8) is 0 Å². The van der Waals surface area contributed by atoms with Crippen LogP contribution in [0.15, 0.2) is 42.5 Å². The summed E-state index contributed by atoms with van der Waals surface area (Å²) in [6.45, 7) is 8.22. The second kappa shape index (κ2) is 11.0. The maximum Gasteiger partial charge on any atom is 0.217 e. The van der Waals surface area contributed by atoms with Crippen molar-refractivity contribution < 1.29 is 18.7 Å². The van der Waals surface area contributed by atoms with E-state index in [1.807, 2.05) is 0 Å². The number of nitrogens with one attached hydrogen (secondary N) is 2. The van der Waals surface area contributed by atoms with Crippen molar-refractivity contribution in [3.05, 3.63) is 70.8 Å². The van der Waals surface area contributed by atoms with Crippen LogP contribution in [-0.4, -0.2) is 29.7 Å². The molecule has 1 aliphatic carbocycles. The van der Waals surface area contributed by atoms with Gasteiger partial charge in [0.05, 0.1) is 12.1 Å². The van der Waals surface area contributed by atoms with Gasteiger partial charge in [0.1, 0.15) is 11.6 Å². The molecule has 1 saturated carbocycles. The zero-order valence-electron chi connectivity index (χ0n) is 20.8. The zero-order chi connectivity index (χ0) is 24.9. The molecule has 0 heterocycles. The molecule has 2 aromatic rings. The number of amides is 1. The monoisotopic (exact) mass is 472 g/mol. The molecule has 1 unspecified atom stereocenters. The fraction of sp³-hybridized carbons (Fsp3) is 0.536. The van der Waals surface area contributed by atoms with Gasteiger partial charge in [-0.1, -0.05) is 64.3 Å². The molecule has 1 amide bonds. The number of aliphatic hydroxyl groups is 1. The molecule has 6 heteroatoms. The van der Waals surface area contributed by atoms with Crippen LogP contribution >= 0.6 is 0 Å². The van der Waals surface area contributed by atoms with Gasteiger partial charge in [0.15, 0.2) is 0 Å². The third kappa shape index (κ3) is 6.86. The Balaban J connectivity index is 1.80. The molecule has 4 nitrogen and oxygen atoms in total. The van der Waals surface area contributed by atoms with E-state index >= 15 is 0 Å². The summed E-state index contributed by atoms with van der Waals surface area (Å²) in [5, 5.41) is 17.5. The van der Waals surface area contributed by atoms with Gasteiger partial charge in [-0.25, -0.2) is 8.78 Å². The summed E-state index contributed by atoms with van der Waals surface area (Å²) in [4.78, 5) is 11.8.